The summed E-state index contributed by atoms with van der Waals surface area (Å²) in [5.74, 6) is 0. The molecule has 0 aromatic rings. The van der Waals surface area contributed by atoms with Crippen LogP contribution in [0.4, 0.5) is 13.2 Å². The molecule has 1 aliphatic heterocycles. The Morgan fingerprint density at radius 3 is 2.27 bits per heavy atom. The Kier molecular flexibility index (Phi) is 4.47. The van der Waals surface area contributed by atoms with Crippen LogP contribution in [0, 0.1) is 5.41 Å². The largest absolute Gasteiger partial charge is 0.403 e. The number of nitrogens with zero attached hydrogens (tertiary/aromatic N) is 2. The standard InChI is InChI=1S/C16H27F3N2O/c1-3-22-14-11-13(15(14)5-4-6-15)21-9-7-20(8-10-21)12(2)16(17,18)19/h12-14H,3-11H2,1-2H3/t12-,13+,14-/m1/s1. The normalized spacial score (nSPS) is 34.2. The lowest BCUT2D eigenvalue weighted by molar-refractivity contribution is -0.215. The van der Waals surface area contributed by atoms with Gasteiger partial charge in [0.05, 0.1) is 6.10 Å². The van der Waals surface area contributed by atoms with Crippen LogP contribution in [0.25, 0.3) is 0 Å². The summed E-state index contributed by atoms with van der Waals surface area (Å²) < 4.78 is 44.3. The van der Waals surface area contributed by atoms with E-state index in [9.17, 15) is 13.2 Å². The Morgan fingerprint density at radius 2 is 1.82 bits per heavy atom. The van der Waals surface area contributed by atoms with Gasteiger partial charge in [0.15, 0.2) is 0 Å². The summed E-state index contributed by atoms with van der Waals surface area (Å²) >= 11 is 0. The zero-order valence-corrected chi connectivity index (χ0v) is 13.5. The first-order valence-electron chi connectivity index (χ1n) is 8.55. The van der Waals surface area contributed by atoms with E-state index in [0.29, 0.717) is 30.7 Å². The number of alkyl halides is 3. The average Bonchev–Trinajstić information content (AvgIpc) is 2.40. The SMILES string of the molecule is CCO[C@@H]1C[C@H](N2CCN([C@H](C)C(F)(F)F)CC2)C12CCC2. The minimum Gasteiger partial charge on any atom is -0.378 e. The fourth-order valence-corrected chi connectivity index (χ4v) is 4.56. The smallest absolute Gasteiger partial charge is 0.378 e. The highest BCUT2D eigenvalue weighted by Crippen LogP contribution is 2.59. The molecule has 2 saturated carbocycles. The maximum absolute atomic E-state index is 12.8. The van der Waals surface area contributed by atoms with Crippen LogP contribution in [0.1, 0.15) is 39.5 Å². The van der Waals surface area contributed by atoms with Gasteiger partial charge >= 0.3 is 6.18 Å². The minimum atomic E-state index is -4.12. The van der Waals surface area contributed by atoms with Gasteiger partial charge in [-0.3, -0.25) is 9.80 Å². The Bertz CT molecular complexity index is 389. The molecule has 2 aliphatic carbocycles. The van der Waals surface area contributed by atoms with E-state index in [2.05, 4.69) is 4.90 Å². The third kappa shape index (κ3) is 2.67. The molecule has 0 radical (unpaired) electrons. The monoisotopic (exact) mass is 320 g/mol. The summed E-state index contributed by atoms with van der Waals surface area (Å²) in [6.07, 6.45) is 1.04. The van der Waals surface area contributed by atoms with Crippen LogP contribution in [-0.4, -0.2) is 66.9 Å². The first-order chi connectivity index (χ1) is 10.4. The van der Waals surface area contributed by atoms with Gasteiger partial charge in [-0.1, -0.05) is 6.42 Å². The number of halogens is 3. The molecule has 22 heavy (non-hydrogen) atoms. The predicted octanol–water partition coefficient (Wildman–Crippen LogP) is 2.90. The van der Waals surface area contributed by atoms with Crippen molar-refractivity contribution in [1.82, 2.24) is 9.80 Å². The maximum atomic E-state index is 12.8. The van der Waals surface area contributed by atoms with Crippen molar-refractivity contribution in [3.63, 3.8) is 0 Å². The van der Waals surface area contributed by atoms with E-state index < -0.39 is 12.2 Å². The molecule has 1 heterocycles. The van der Waals surface area contributed by atoms with Crippen molar-refractivity contribution in [2.45, 2.75) is 63.9 Å². The fourth-order valence-electron chi connectivity index (χ4n) is 4.56. The molecule has 0 amide bonds. The molecule has 1 spiro atoms. The predicted molar refractivity (Wildman–Crippen MR) is 78.8 cm³/mol. The molecular formula is C16H27F3N2O. The van der Waals surface area contributed by atoms with Crippen LogP contribution < -0.4 is 0 Å². The highest BCUT2D eigenvalue weighted by atomic mass is 19.4. The third-order valence-corrected chi connectivity index (χ3v) is 6.21. The van der Waals surface area contributed by atoms with Crippen molar-refractivity contribution in [2.75, 3.05) is 32.8 Å². The van der Waals surface area contributed by atoms with Gasteiger partial charge in [0.25, 0.3) is 0 Å². The molecule has 0 N–H and O–H groups in total. The Labute approximate surface area is 130 Å². The Hall–Kier alpha value is -0.330. The van der Waals surface area contributed by atoms with Gasteiger partial charge in [-0.15, -0.1) is 0 Å². The van der Waals surface area contributed by atoms with Gasteiger partial charge in [0, 0.05) is 44.2 Å². The van der Waals surface area contributed by atoms with Crippen molar-refractivity contribution in [1.29, 1.82) is 0 Å². The summed E-state index contributed by atoms with van der Waals surface area (Å²) in [5, 5.41) is 0. The lowest BCUT2D eigenvalue weighted by Gasteiger charge is -2.64. The quantitative estimate of drug-likeness (QED) is 0.792. The number of rotatable bonds is 4. The van der Waals surface area contributed by atoms with Gasteiger partial charge < -0.3 is 4.74 Å². The summed E-state index contributed by atoms with van der Waals surface area (Å²) in [7, 11) is 0. The first kappa shape index (κ1) is 16.5. The van der Waals surface area contributed by atoms with Crippen LogP contribution >= 0.6 is 0 Å². The second-order valence-electron chi connectivity index (χ2n) is 7.07. The summed E-state index contributed by atoms with van der Waals surface area (Å²) in [6, 6.07) is -0.800. The van der Waals surface area contributed by atoms with E-state index in [4.69, 9.17) is 4.74 Å². The Morgan fingerprint density at radius 1 is 1.18 bits per heavy atom. The highest BCUT2D eigenvalue weighted by Gasteiger charge is 2.60. The van der Waals surface area contributed by atoms with Crippen molar-refractivity contribution in [2.24, 2.45) is 5.41 Å². The van der Waals surface area contributed by atoms with E-state index in [1.165, 1.54) is 26.2 Å². The van der Waals surface area contributed by atoms with Gasteiger partial charge in [0.1, 0.15) is 6.04 Å². The second kappa shape index (κ2) is 5.95. The van der Waals surface area contributed by atoms with Crippen LogP contribution in [0.5, 0.6) is 0 Å². The van der Waals surface area contributed by atoms with Gasteiger partial charge in [0.2, 0.25) is 0 Å². The molecule has 3 atom stereocenters. The molecule has 6 heteroatoms. The van der Waals surface area contributed by atoms with E-state index in [1.807, 2.05) is 6.92 Å². The van der Waals surface area contributed by atoms with E-state index in [1.54, 1.807) is 4.90 Å². The zero-order chi connectivity index (χ0) is 16.0. The summed E-state index contributed by atoms with van der Waals surface area (Å²) in [6.45, 7) is 6.63. The number of hydrogen-bond acceptors (Lipinski definition) is 3. The van der Waals surface area contributed by atoms with E-state index in [0.717, 1.165) is 26.1 Å². The minimum absolute atomic E-state index is 0.313. The molecule has 3 aliphatic rings. The van der Waals surface area contributed by atoms with Crippen molar-refractivity contribution in [3.05, 3.63) is 0 Å². The first-order valence-corrected chi connectivity index (χ1v) is 8.55. The molecule has 0 bridgehead atoms. The van der Waals surface area contributed by atoms with Gasteiger partial charge in [-0.2, -0.15) is 13.2 Å². The van der Waals surface area contributed by atoms with Crippen molar-refractivity contribution < 1.29 is 17.9 Å². The molecule has 1 saturated heterocycles. The molecule has 3 nitrogen and oxygen atoms in total. The van der Waals surface area contributed by atoms with Crippen molar-refractivity contribution >= 4 is 0 Å². The zero-order valence-electron chi connectivity index (χ0n) is 13.5. The molecule has 3 rings (SSSR count). The number of hydrogen-bond donors (Lipinski definition) is 0. The molecular weight excluding hydrogens is 293 g/mol. The average molecular weight is 320 g/mol. The van der Waals surface area contributed by atoms with Gasteiger partial charge in [-0.25, -0.2) is 0 Å². The molecule has 0 unspecified atom stereocenters. The molecule has 0 aromatic carbocycles. The van der Waals surface area contributed by atoms with E-state index >= 15 is 0 Å². The Balaban J connectivity index is 1.54. The number of ether oxygens (including phenoxy) is 1. The fraction of sp³-hybridized carbons (Fsp3) is 1.00. The maximum Gasteiger partial charge on any atom is 0.403 e. The number of piperazine rings is 1. The topological polar surface area (TPSA) is 15.7 Å². The second-order valence-corrected chi connectivity index (χ2v) is 7.07. The third-order valence-electron chi connectivity index (χ3n) is 6.21. The van der Waals surface area contributed by atoms with Crippen molar-refractivity contribution in [3.8, 4) is 0 Å². The molecule has 128 valence electrons. The lowest BCUT2D eigenvalue weighted by atomic mass is 9.50. The van der Waals surface area contributed by atoms with Crippen LogP contribution in [0.15, 0.2) is 0 Å². The molecule has 3 fully saturated rings. The molecule has 0 aromatic heterocycles. The summed E-state index contributed by atoms with van der Waals surface area (Å²) in [5.41, 5.74) is 0.313. The van der Waals surface area contributed by atoms with Crippen LogP contribution in [-0.2, 0) is 4.74 Å². The highest BCUT2D eigenvalue weighted by molar-refractivity contribution is 5.13. The lowest BCUT2D eigenvalue weighted by Crippen LogP contribution is -2.70. The van der Waals surface area contributed by atoms with Crippen LogP contribution in [0.2, 0.25) is 0 Å². The van der Waals surface area contributed by atoms with Gasteiger partial charge in [-0.05, 0) is 33.1 Å². The van der Waals surface area contributed by atoms with E-state index in [-0.39, 0.29) is 0 Å². The summed E-state index contributed by atoms with van der Waals surface area (Å²) in [4.78, 5) is 4.00. The van der Waals surface area contributed by atoms with Crippen LogP contribution in [0.3, 0.4) is 0 Å².